The zero-order valence-corrected chi connectivity index (χ0v) is 10.2. The molecule has 0 spiro atoms. The van der Waals surface area contributed by atoms with E-state index >= 15 is 0 Å². The van der Waals surface area contributed by atoms with Crippen LogP contribution in [0, 0.1) is 0 Å². The van der Waals surface area contributed by atoms with Crippen LogP contribution in [0.5, 0.6) is 0 Å². The average Bonchev–Trinajstić information content (AvgIpc) is 2.61. The number of carbonyl (C=O) groups is 2. The lowest BCUT2D eigenvalue weighted by molar-refractivity contribution is -0.150. The van der Waals surface area contributed by atoms with Crippen molar-refractivity contribution in [3.8, 4) is 0 Å². The number of nitrogens with one attached hydrogen (secondary N) is 1. The first-order valence-corrected chi connectivity index (χ1v) is 5.75. The molecule has 2 heterocycles. The van der Waals surface area contributed by atoms with E-state index in [1.54, 1.807) is 0 Å². The van der Waals surface area contributed by atoms with Crippen molar-refractivity contribution in [2.24, 2.45) is 0 Å². The maximum absolute atomic E-state index is 11.7. The molecule has 3 unspecified atom stereocenters. The monoisotopic (exact) mass is 276 g/mol. The number of amides is 3. The van der Waals surface area contributed by atoms with Crippen LogP contribution in [0.3, 0.4) is 0 Å². The summed E-state index contributed by atoms with van der Waals surface area (Å²) in [7, 11) is 0. The van der Waals surface area contributed by atoms with E-state index in [4.69, 9.17) is 9.84 Å². The standard InChI is InChI=1S/C10H16N2O7/c1-10(18)3-12(9(17)11-8(10)16)7-6(15)5(14)4(2-13)19-7/h4-7,13-15,18H,2-3H2,1H3,(H,11,16,17)/t4-,5?,6?,7-,10?/m1/s1. The molecule has 2 rings (SSSR count). The van der Waals surface area contributed by atoms with Crippen LogP contribution in [0.15, 0.2) is 0 Å². The van der Waals surface area contributed by atoms with Crippen LogP contribution in [-0.2, 0) is 9.53 Å². The van der Waals surface area contributed by atoms with Gasteiger partial charge in [-0.2, -0.15) is 0 Å². The fourth-order valence-electron chi connectivity index (χ4n) is 2.12. The zero-order chi connectivity index (χ0) is 14.4. The Morgan fingerprint density at radius 3 is 2.58 bits per heavy atom. The Labute approximate surface area is 108 Å². The van der Waals surface area contributed by atoms with Crippen molar-refractivity contribution in [2.45, 2.75) is 37.1 Å². The van der Waals surface area contributed by atoms with Gasteiger partial charge in [-0.25, -0.2) is 4.79 Å². The third-order valence-corrected chi connectivity index (χ3v) is 3.27. The summed E-state index contributed by atoms with van der Waals surface area (Å²) in [6, 6.07) is -0.841. The van der Waals surface area contributed by atoms with E-state index in [1.165, 1.54) is 6.92 Å². The predicted molar refractivity (Wildman–Crippen MR) is 58.6 cm³/mol. The minimum atomic E-state index is -1.82. The Morgan fingerprint density at radius 1 is 1.42 bits per heavy atom. The topological polar surface area (TPSA) is 140 Å². The first-order chi connectivity index (χ1) is 8.77. The number of hydrogen-bond donors (Lipinski definition) is 5. The maximum atomic E-state index is 11.7. The summed E-state index contributed by atoms with van der Waals surface area (Å²) in [4.78, 5) is 23.9. The Morgan fingerprint density at radius 2 is 2.05 bits per heavy atom. The lowest BCUT2D eigenvalue weighted by Gasteiger charge is -2.39. The molecule has 9 nitrogen and oxygen atoms in total. The predicted octanol–water partition coefficient (Wildman–Crippen LogP) is -3.27. The molecule has 2 fully saturated rings. The molecule has 19 heavy (non-hydrogen) atoms. The van der Waals surface area contributed by atoms with Gasteiger partial charge in [-0.3, -0.25) is 15.0 Å². The largest absolute Gasteiger partial charge is 0.394 e. The van der Waals surface area contributed by atoms with Crippen LogP contribution >= 0.6 is 0 Å². The highest BCUT2D eigenvalue weighted by Crippen LogP contribution is 2.26. The van der Waals surface area contributed by atoms with Crippen LogP contribution in [0.1, 0.15) is 6.92 Å². The van der Waals surface area contributed by atoms with E-state index in [1.807, 2.05) is 5.32 Å². The molecule has 5 N–H and O–H groups in total. The van der Waals surface area contributed by atoms with Crippen molar-refractivity contribution in [2.75, 3.05) is 13.2 Å². The van der Waals surface area contributed by atoms with Crippen LogP contribution in [0.25, 0.3) is 0 Å². The first kappa shape index (κ1) is 14.2. The third-order valence-electron chi connectivity index (χ3n) is 3.27. The maximum Gasteiger partial charge on any atom is 0.326 e. The van der Waals surface area contributed by atoms with Crippen molar-refractivity contribution in [1.29, 1.82) is 0 Å². The minimum absolute atomic E-state index is 0.385. The van der Waals surface area contributed by atoms with Gasteiger partial charge in [0.2, 0.25) is 0 Å². The van der Waals surface area contributed by atoms with Gasteiger partial charge < -0.3 is 25.2 Å². The molecule has 2 aliphatic rings. The van der Waals surface area contributed by atoms with Crippen molar-refractivity contribution in [1.82, 2.24) is 10.2 Å². The third kappa shape index (κ3) is 2.30. The molecule has 0 aromatic carbocycles. The second-order valence-corrected chi connectivity index (χ2v) is 4.89. The summed E-state index contributed by atoms with van der Waals surface area (Å²) in [6.45, 7) is 0.298. The number of β-amino-alcohol motifs (C(OH)–C–C–N with tert-alkyl or cyclic N) is 1. The molecule has 2 saturated heterocycles. The van der Waals surface area contributed by atoms with Crippen LogP contribution in [-0.4, -0.2) is 80.6 Å². The average molecular weight is 276 g/mol. The highest BCUT2D eigenvalue weighted by Gasteiger charge is 2.51. The smallest absolute Gasteiger partial charge is 0.326 e. The Bertz CT molecular complexity index is 399. The number of ether oxygens (including phenoxy) is 1. The van der Waals surface area contributed by atoms with Gasteiger partial charge in [0.15, 0.2) is 11.8 Å². The van der Waals surface area contributed by atoms with Gasteiger partial charge in [0.1, 0.15) is 18.3 Å². The molecule has 108 valence electrons. The Balaban J connectivity index is 2.18. The lowest BCUT2D eigenvalue weighted by Crippen LogP contribution is -2.66. The SMILES string of the molecule is CC1(O)CN([C@@H]2O[C@H](CO)C(O)C2O)C(=O)NC1=O. The molecule has 0 aliphatic carbocycles. The molecule has 0 radical (unpaired) electrons. The van der Waals surface area contributed by atoms with E-state index in [0.29, 0.717) is 0 Å². The molecule has 2 aliphatic heterocycles. The van der Waals surface area contributed by atoms with Crippen molar-refractivity contribution in [3.05, 3.63) is 0 Å². The highest BCUT2D eigenvalue weighted by atomic mass is 16.6. The number of rotatable bonds is 2. The van der Waals surface area contributed by atoms with Gasteiger partial charge in [-0.05, 0) is 6.92 Å². The molecule has 0 aromatic rings. The van der Waals surface area contributed by atoms with Gasteiger partial charge >= 0.3 is 6.03 Å². The summed E-state index contributed by atoms with van der Waals surface area (Å²) in [5.41, 5.74) is -1.82. The molecule has 0 saturated carbocycles. The number of carbonyl (C=O) groups excluding carboxylic acids is 2. The van der Waals surface area contributed by atoms with Crippen molar-refractivity contribution < 1.29 is 34.8 Å². The van der Waals surface area contributed by atoms with Crippen LogP contribution < -0.4 is 5.32 Å². The second kappa shape index (κ2) is 4.69. The Hall–Kier alpha value is -1.26. The molecule has 3 amide bonds. The van der Waals surface area contributed by atoms with Gasteiger partial charge in [-0.15, -0.1) is 0 Å². The number of aliphatic hydroxyl groups excluding tert-OH is 3. The van der Waals surface area contributed by atoms with Gasteiger partial charge in [0, 0.05) is 0 Å². The minimum Gasteiger partial charge on any atom is -0.394 e. The number of urea groups is 1. The van der Waals surface area contributed by atoms with Gasteiger partial charge in [-0.1, -0.05) is 0 Å². The molecule has 0 bridgehead atoms. The van der Waals surface area contributed by atoms with E-state index in [2.05, 4.69) is 0 Å². The molecule has 9 heteroatoms. The summed E-state index contributed by atoms with van der Waals surface area (Å²) in [6.07, 6.45) is -5.07. The fraction of sp³-hybridized carbons (Fsp3) is 0.800. The highest BCUT2D eigenvalue weighted by molar-refractivity contribution is 6.01. The second-order valence-electron chi connectivity index (χ2n) is 4.89. The normalized spacial score (nSPS) is 43.5. The Kier molecular flexibility index (Phi) is 3.49. The first-order valence-electron chi connectivity index (χ1n) is 5.75. The van der Waals surface area contributed by atoms with Gasteiger partial charge in [0.05, 0.1) is 13.2 Å². The zero-order valence-electron chi connectivity index (χ0n) is 10.2. The number of aliphatic hydroxyl groups is 4. The summed E-state index contributed by atoms with van der Waals surface area (Å²) in [5.74, 6) is -0.847. The lowest BCUT2D eigenvalue weighted by atomic mass is 10.0. The van der Waals surface area contributed by atoms with Crippen LogP contribution in [0.2, 0.25) is 0 Å². The van der Waals surface area contributed by atoms with E-state index in [9.17, 15) is 24.9 Å². The molecular formula is C10H16N2O7. The molecule has 5 atom stereocenters. The fourth-order valence-corrected chi connectivity index (χ4v) is 2.12. The van der Waals surface area contributed by atoms with Crippen LogP contribution in [0.4, 0.5) is 4.79 Å². The number of imide groups is 1. The molecule has 0 aromatic heterocycles. The van der Waals surface area contributed by atoms with Gasteiger partial charge in [0.25, 0.3) is 5.91 Å². The summed E-state index contributed by atoms with van der Waals surface area (Å²) < 4.78 is 5.17. The number of hydrogen-bond acceptors (Lipinski definition) is 7. The summed E-state index contributed by atoms with van der Waals surface area (Å²) in [5, 5.41) is 40.1. The van der Waals surface area contributed by atoms with E-state index < -0.39 is 48.7 Å². The van der Waals surface area contributed by atoms with E-state index in [-0.39, 0.29) is 6.54 Å². The molecular weight excluding hydrogens is 260 g/mol. The van der Waals surface area contributed by atoms with Crippen molar-refractivity contribution in [3.63, 3.8) is 0 Å². The quantitative estimate of drug-likeness (QED) is 0.356. The number of nitrogens with zero attached hydrogens (tertiary/aromatic N) is 1. The van der Waals surface area contributed by atoms with E-state index in [0.717, 1.165) is 4.90 Å². The van der Waals surface area contributed by atoms with Crippen molar-refractivity contribution >= 4 is 11.9 Å². The summed E-state index contributed by atoms with van der Waals surface area (Å²) >= 11 is 0.